The van der Waals surface area contributed by atoms with Gasteiger partial charge in [-0.2, -0.15) is 0 Å². The van der Waals surface area contributed by atoms with Crippen LogP contribution in [0.15, 0.2) is 30.5 Å². The third-order valence-electron chi connectivity index (χ3n) is 3.50. The average Bonchev–Trinajstić information content (AvgIpc) is 3.06. The van der Waals surface area contributed by atoms with Gasteiger partial charge in [0, 0.05) is 24.7 Å². The molecule has 0 aliphatic carbocycles. The van der Waals surface area contributed by atoms with Gasteiger partial charge in [0.05, 0.1) is 0 Å². The average molecular weight is 331 g/mol. The minimum absolute atomic E-state index is 0.161. The maximum absolute atomic E-state index is 10.1. The van der Waals surface area contributed by atoms with E-state index in [1.54, 1.807) is 30.5 Å². The van der Waals surface area contributed by atoms with E-state index < -0.39 is 6.10 Å². The van der Waals surface area contributed by atoms with Gasteiger partial charge in [-0.1, -0.05) is 13.8 Å². The number of aliphatic hydroxyl groups is 1. The van der Waals surface area contributed by atoms with Crippen LogP contribution in [0.5, 0.6) is 17.2 Å². The van der Waals surface area contributed by atoms with Crippen LogP contribution >= 0.6 is 0 Å². The summed E-state index contributed by atoms with van der Waals surface area (Å²) in [5, 5.41) is 13.1. The summed E-state index contributed by atoms with van der Waals surface area (Å²) in [4.78, 5) is 8.61. The summed E-state index contributed by atoms with van der Waals surface area (Å²) in [7, 11) is 0. The second kappa shape index (κ2) is 7.35. The number of fused-ring (bicyclic) bond motifs is 1. The van der Waals surface area contributed by atoms with E-state index in [0.717, 1.165) is 5.82 Å². The van der Waals surface area contributed by atoms with Crippen LogP contribution in [0.25, 0.3) is 0 Å². The lowest BCUT2D eigenvalue weighted by Crippen LogP contribution is -2.26. The largest absolute Gasteiger partial charge is 0.491 e. The Labute approximate surface area is 140 Å². The Bertz CT molecular complexity index is 693. The Balaban J connectivity index is 1.47. The molecule has 24 heavy (non-hydrogen) atoms. The first kappa shape index (κ1) is 16.3. The van der Waals surface area contributed by atoms with Gasteiger partial charge in [0.1, 0.15) is 30.1 Å². The lowest BCUT2D eigenvalue weighted by Gasteiger charge is -2.14. The molecule has 0 amide bonds. The van der Waals surface area contributed by atoms with Crippen molar-refractivity contribution in [2.75, 3.05) is 25.3 Å². The number of benzene rings is 1. The minimum Gasteiger partial charge on any atom is -0.491 e. The third kappa shape index (κ3) is 4.05. The van der Waals surface area contributed by atoms with Crippen molar-refractivity contribution in [2.45, 2.75) is 25.9 Å². The standard InChI is InChI=1S/C17H21N3O4/c1-11(2)17-18-6-5-16(20-17)19-8-12(21)9-22-13-3-4-14-15(7-13)24-10-23-14/h3-7,11-12,21H,8-10H2,1-2H3,(H,18,19,20). The highest BCUT2D eigenvalue weighted by Gasteiger charge is 2.14. The number of hydrogen-bond acceptors (Lipinski definition) is 7. The molecule has 0 bridgehead atoms. The molecule has 0 fully saturated rings. The van der Waals surface area contributed by atoms with E-state index in [1.807, 2.05) is 13.8 Å². The molecule has 3 rings (SSSR count). The monoisotopic (exact) mass is 331 g/mol. The van der Waals surface area contributed by atoms with Crippen LogP contribution in [0.2, 0.25) is 0 Å². The third-order valence-corrected chi connectivity index (χ3v) is 3.50. The summed E-state index contributed by atoms with van der Waals surface area (Å²) in [6.07, 6.45) is 1.04. The first-order valence-corrected chi connectivity index (χ1v) is 7.89. The van der Waals surface area contributed by atoms with Gasteiger partial charge in [-0.05, 0) is 18.2 Å². The van der Waals surface area contributed by atoms with Gasteiger partial charge in [0.25, 0.3) is 0 Å². The van der Waals surface area contributed by atoms with Crippen LogP contribution in [0, 0.1) is 0 Å². The Morgan fingerprint density at radius 2 is 2.08 bits per heavy atom. The molecule has 7 nitrogen and oxygen atoms in total. The molecular formula is C17H21N3O4. The van der Waals surface area contributed by atoms with E-state index in [-0.39, 0.29) is 19.3 Å². The summed E-state index contributed by atoms with van der Waals surface area (Å²) in [5.74, 6) is 3.70. The van der Waals surface area contributed by atoms with Crippen molar-refractivity contribution in [1.29, 1.82) is 0 Å². The minimum atomic E-state index is -0.673. The van der Waals surface area contributed by atoms with Crippen LogP contribution < -0.4 is 19.5 Å². The van der Waals surface area contributed by atoms with Crippen molar-refractivity contribution in [3.05, 3.63) is 36.3 Å². The fraction of sp³-hybridized carbons (Fsp3) is 0.412. The highest BCUT2D eigenvalue weighted by atomic mass is 16.7. The number of aromatic nitrogens is 2. The molecule has 7 heteroatoms. The summed E-state index contributed by atoms with van der Waals surface area (Å²) in [5.41, 5.74) is 0. The van der Waals surface area contributed by atoms with E-state index in [9.17, 15) is 5.11 Å². The van der Waals surface area contributed by atoms with Gasteiger partial charge < -0.3 is 24.6 Å². The molecule has 0 saturated carbocycles. The number of nitrogens with zero attached hydrogens (tertiary/aromatic N) is 2. The summed E-state index contributed by atoms with van der Waals surface area (Å²) in [6, 6.07) is 7.10. The fourth-order valence-electron chi connectivity index (χ4n) is 2.19. The fourth-order valence-corrected chi connectivity index (χ4v) is 2.19. The van der Waals surface area contributed by atoms with E-state index in [1.165, 1.54) is 0 Å². The molecule has 0 saturated heterocycles. The normalized spacial score (nSPS) is 13.8. The van der Waals surface area contributed by atoms with Crippen molar-refractivity contribution in [3.8, 4) is 17.2 Å². The number of nitrogens with one attached hydrogen (secondary N) is 1. The molecule has 2 N–H and O–H groups in total. The van der Waals surface area contributed by atoms with Gasteiger partial charge in [0.2, 0.25) is 6.79 Å². The summed E-state index contributed by atoms with van der Waals surface area (Å²) in [6.45, 7) is 4.79. The molecule has 0 spiro atoms. The lowest BCUT2D eigenvalue weighted by molar-refractivity contribution is 0.117. The van der Waals surface area contributed by atoms with Crippen molar-refractivity contribution in [2.24, 2.45) is 0 Å². The molecule has 1 aliphatic heterocycles. The Morgan fingerprint density at radius 1 is 1.25 bits per heavy atom. The lowest BCUT2D eigenvalue weighted by atomic mass is 10.2. The highest BCUT2D eigenvalue weighted by Crippen LogP contribution is 2.35. The zero-order valence-corrected chi connectivity index (χ0v) is 13.7. The maximum Gasteiger partial charge on any atom is 0.231 e. The van der Waals surface area contributed by atoms with E-state index in [4.69, 9.17) is 14.2 Å². The van der Waals surface area contributed by atoms with Crippen molar-refractivity contribution >= 4 is 5.82 Å². The molecule has 128 valence electrons. The number of rotatable bonds is 7. The van der Waals surface area contributed by atoms with Gasteiger partial charge >= 0.3 is 0 Å². The summed E-state index contributed by atoms with van der Waals surface area (Å²) >= 11 is 0. The van der Waals surface area contributed by atoms with Crippen LogP contribution in [-0.2, 0) is 0 Å². The Hall–Kier alpha value is -2.54. The molecule has 2 heterocycles. The summed E-state index contributed by atoms with van der Waals surface area (Å²) < 4.78 is 16.1. The quantitative estimate of drug-likeness (QED) is 0.804. The van der Waals surface area contributed by atoms with Gasteiger partial charge in [0.15, 0.2) is 11.5 Å². The van der Waals surface area contributed by atoms with Crippen molar-refractivity contribution in [3.63, 3.8) is 0 Å². The Morgan fingerprint density at radius 3 is 2.92 bits per heavy atom. The van der Waals surface area contributed by atoms with Crippen molar-refractivity contribution in [1.82, 2.24) is 9.97 Å². The predicted molar refractivity (Wildman–Crippen MR) is 88.7 cm³/mol. The molecule has 0 radical (unpaired) electrons. The predicted octanol–water partition coefficient (Wildman–Crippen LogP) is 2.18. The molecular weight excluding hydrogens is 310 g/mol. The number of ether oxygens (including phenoxy) is 3. The molecule has 1 aliphatic rings. The number of anilines is 1. The van der Waals surface area contributed by atoms with Crippen LogP contribution in [0.3, 0.4) is 0 Å². The van der Waals surface area contributed by atoms with E-state index >= 15 is 0 Å². The smallest absolute Gasteiger partial charge is 0.231 e. The Kier molecular flexibility index (Phi) is 5.00. The first-order chi connectivity index (χ1) is 11.6. The molecule has 2 aromatic rings. The van der Waals surface area contributed by atoms with Gasteiger partial charge in [-0.25, -0.2) is 9.97 Å². The second-order valence-electron chi connectivity index (χ2n) is 5.82. The second-order valence-corrected chi connectivity index (χ2v) is 5.82. The number of aliphatic hydroxyl groups excluding tert-OH is 1. The van der Waals surface area contributed by atoms with Crippen LogP contribution in [0.4, 0.5) is 5.82 Å². The molecule has 1 aromatic carbocycles. The SMILES string of the molecule is CC(C)c1nccc(NCC(O)COc2ccc3c(c2)OCO3)n1. The van der Waals surface area contributed by atoms with Crippen LogP contribution in [-0.4, -0.2) is 41.1 Å². The first-order valence-electron chi connectivity index (χ1n) is 7.89. The molecule has 1 atom stereocenters. The topological polar surface area (TPSA) is 85.7 Å². The van der Waals surface area contributed by atoms with Crippen LogP contribution in [0.1, 0.15) is 25.6 Å². The van der Waals surface area contributed by atoms with E-state index in [2.05, 4.69) is 15.3 Å². The maximum atomic E-state index is 10.1. The van der Waals surface area contributed by atoms with Crippen molar-refractivity contribution < 1.29 is 19.3 Å². The number of hydrogen-bond donors (Lipinski definition) is 2. The highest BCUT2D eigenvalue weighted by molar-refractivity contribution is 5.46. The molecule has 1 aromatic heterocycles. The van der Waals surface area contributed by atoms with Gasteiger partial charge in [-0.15, -0.1) is 0 Å². The van der Waals surface area contributed by atoms with E-state index in [0.29, 0.717) is 29.6 Å². The zero-order chi connectivity index (χ0) is 16.9. The molecule has 1 unspecified atom stereocenters. The van der Waals surface area contributed by atoms with Gasteiger partial charge in [-0.3, -0.25) is 0 Å². The zero-order valence-electron chi connectivity index (χ0n) is 13.7.